The molecule has 4 nitrogen and oxygen atoms in total. The van der Waals surface area contributed by atoms with E-state index in [-0.39, 0.29) is 0 Å². The molecule has 0 heterocycles. The van der Waals surface area contributed by atoms with Crippen LogP contribution in [0, 0.1) is 0 Å². The minimum Gasteiger partial charge on any atom is -0.497 e. The maximum atomic E-state index is 6.22. The predicted molar refractivity (Wildman–Crippen MR) is 119 cm³/mol. The highest BCUT2D eigenvalue weighted by Gasteiger charge is 2.08. The largest absolute Gasteiger partial charge is 0.497 e. The quantitative estimate of drug-likeness (QED) is 0.372. The van der Waals surface area contributed by atoms with Gasteiger partial charge in [-0.2, -0.15) is 0 Å². The molecule has 150 valence electrons. The fourth-order valence-corrected chi connectivity index (χ4v) is 3.07. The molecule has 0 aliphatic carbocycles. The lowest BCUT2D eigenvalue weighted by Crippen LogP contribution is -2.01. The van der Waals surface area contributed by atoms with E-state index < -0.39 is 0 Å². The maximum absolute atomic E-state index is 6.22. The minimum atomic E-state index is 0.315. The molecule has 0 spiro atoms. The molecule has 0 amide bonds. The van der Waals surface area contributed by atoms with E-state index in [2.05, 4.69) is 4.99 Å². The van der Waals surface area contributed by atoms with Crippen LogP contribution in [0.25, 0.3) is 0 Å². The number of nitrogens with zero attached hydrogens (tertiary/aromatic N) is 1. The summed E-state index contributed by atoms with van der Waals surface area (Å²) in [6.45, 7) is 2.77. The fraction of sp³-hybridized carbons (Fsp3) is 0.174. The average Bonchev–Trinajstić information content (AvgIpc) is 2.73. The van der Waals surface area contributed by atoms with Gasteiger partial charge in [0.05, 0.1) is 19.4 Å². The number of aliphatic imine (C=N–C) groups is 1. The van der Waals surface area contributed by atoms with Gasteiger partial charge in [0, 0.05) is 21.8 Å². The molecule has 0 saturated heterocycles. The van der Waals surface area contributed by atoms with Gasteiger partial charge in [-0.3, -0.25) is 4.99 Å². The Bertz CT molecular complexity index is 988. The minimum absolute atomic E-state index is 0.315. The van der Waals surface area contributed by atoms with Gasteiger partial charge in [0.15, 0.2) is 11.5 Å². The molecule has 3 aromatic carbocycles. The van der Waals surface area contributed by atoms with Crippen molar-refractivity contribution in [2.75, 3.05) is 13.7 Å². The Morgan fingerprint density at radius 2 is 1.69 bits per heavy atom. The van der Waals surface area contributed by atoms with Gasteiger partial charge in [-0.1, -0.05) is 29.3 Å². The van der Waals surface area contributed by atoms with E-state index in [9.17, 15) is 0 Å². The van der Waals surface area contributed by atoms with Crippen molar-refractivity contribution in [1.29, 1.82) is 0 Å². The predicted octanol–water partition coefficient (Wildman–Crippen LogP) is 6.73. The average molecular weight is 430 g/mol. The summed E-state index contributed by atoms with van der Waals surface area (Å²) in [5.74, 6) is 2.08. The first-order valence-corrected chi connectivity index (χ1v) is 9.86. The summed E-state index contributed by atoms with van der Waals surface area (Å²) >= 11 is 12.2. The zero-order chi connectivity index (χ0) is 20.6. The van der Waals surface area contributed by atoms with Crippen molar-refractivity contribution in [3.8, 4) is 17.2 Å². The number of hydrogen-bond acceptors (Lipinski definition) is 4. The van der Waals surface area contributed by atoms with E-state index in [0.29, 0.717) is 34.8 Å². The number of methoxy groups -OCH3 is 1. The second-order valence-corrected chi connectivity index (χ2v) is 6.96. The third kappa shape index (κ3) is 5.89. The van der Waals surface area contributed by atoms with Crippen molar-refractivity contribution in [3.05, 3.63) is 81.8 Å². The Hall–Kier alpha value is -2.69. The lowest BCUT2D eigenvalue weighted by Gasteiger charge is -2.13. The van der Waals surface area contributed by atoms with Crippen LogP contribution in [0.3, 0.4) is 0 Å². The summed E-state index contributed by atoms with van der Waals surface area (Å²) < 4.78 is 16.8. The molecule has 0 aliphatic rings. The zero-order valence-corrected chi connectivity index (χ0v) is 17.7. The van der Waals surface area contributed by atoms with Crippen molar-refractivity contribution in [3.63, 3.8) is 0 Å². The van der Waals surface area contributed by atoms with Crippen LogP contribution in [-0.4, -0.2) is 19.9 Å². The van der Waals surface area contributed by atoms with E-state index in [1.165, 1.54) is 0 Å². The Kier molecular flexibility index (Phi) is 7.39. The molecule has 0 atom stereocenters. The highest BCUT2D eigenvalue weighted by Crippen LogP contribution is 2.30. The van der Waals surface area contributed by atoms with Crippen molar-refractivity contribution in [1.82, 2.24) is 0 Å². The first kappa shape index (κ1) is 21.0. The molecule has 0 radical (unpaired) electrons. The van der Waals surface area contributed by atoms with Gasteiger partial charge in [-0.15, -0.1) is 0 Å². The highest BCUT2D eigenvalue weighted by atomic mass is 35.5. The smallest absolute Gasteiger partial charge is 0.161 e. The molecule has 29 heavy (non-hydrogen) atoms. The molecule has 0 N–H and O–H groups in total. The molecular formula is C23H21Cl2NO3. The summed E-state index contributed by atoms with van der Waals surface area (Å²) in [5.41, 5.74) is 2.59. The van der Waals surface area contributed by atoms with Crippen LogP contribution in [0.2, 0.25) is 10.0 Å². The van der Waals surface area contributed by atoms with Gasteiger partial charge in [-0.25, -0.2) is 0 Å². The number of benzene rings is 3. The molecule has 0 aromatic heterocycles. The van der Waals surface area contributed by atoms with Crippen molar-refractivity contribution in [2.24, 2.45) is 4.99 Å². The van der Waals surface area contributed by atoms with E-state index in [0.717, 1.165) is 22.6 Å². The van der Waals surface area contributed by atoms with Crippen LogP contribution >= 0.6 is 23.2 Å². The van der Waals surface area contributed by atoms with Crippen molar-refractivity contribution >= 4 is 35.1 Å². The lowest BCUT2D eigenvalue weighted by molar-refractivity contribution is 0.269. The number of hydrogen-bond donors (Lipinski definition) is 0. The van der Waals surface area contributed by atoms with Crippen LogP contribution in [-0.2, 0) is 6.61 Å². The SMILES string of the molecule is CCOc1cc(C=Nc2ccc(OC)cc2)ccc1OCc1ccc(Cl)cc1Cl. The van der Waals surface area contributed by atoms with Crippen LogP contribution in [0.15, 0.2) is 65.7 Å². The van der Waals surface area contributed by atoms with E-state index in [1.54, 1.807) is 25.5 Å². The normalized spacial score (nSPS) is 10.9. The molecule has 6 heteroatoms. The summed E-state index contributed by atoms with van der Waals surface area (Å²) in [5, 5.41) is 1.16. The molecule has 0 saturated carbocycles. The fourth-order valence-electron chi connectivity index (χ4n) is 2.60. The number of rotatable bonds is 8. The number of ether oxygens (including phenoxy) is 3. The van der Waals surface area contributed by atoms with E-state index >= 15 is 0 Å². The van der Waals surface area contributed by atoms with Gasteiger partial charge in [0.25, 0.3) is 0 Å². The van der Waals surface area contributed by atoms with Crippen molar-refractivity contribution < 1.29 is 14.2 Å². The Morgan fingerprint density at radius 3 is 2.38 bits per heavy atom. The van der Waals surface area contributed by atoms with Crippen LogP contribution in [0.5, 0.6) is 17.2 Å². The van der Waals surface area contributed by atoms with Crippen LogP contribution in [0.4, 0.5) is 5.69 Å². The van der Waals surface area contributed by atoms with Crippen LogP contribution < -0.4 is 14.2 Å². The molecule has 0 fully saturated rings. The standard InChI is InChI=1S/C23H21Cl2NO3/c1-3-28-23-12-16(14-26-19-7-9-20(27-2)10-8-19)4-11-22(23)29-15-17-5-6-18(24)13-21(17)25/h4-14H,3,15H2,1-2H3. The molecule has 3 aromatic rings. The molecule has 0 unspecified atom stereocenters. The van der Waals surface area contributed by atoms with Gasteiger partial charge < -0.3 is 14.2 Å². The van der Waals surface area contributed by atoms with Gasteiger partial charge >= 0.3 is 0 Å². The lowest BCUT2D eigenvalue weighted by atomic mass is 10.2. The summed E-state index contributed by atoms with van der Waals surface area (Å²) in [6.07, 6.45) is 1.78. The third-order valence-electron chi connectivity index (χ3n) is 4.10. The maximum Gasteiger partial charge on any atom is 0.161 e. The monoisotopic (exact) mass is 429 g/mol. The molecular weight excluding hydrogens is 409 g/mol. The van der Waals surface area contributed by atoms with E-state index in [4.69, 9.17) is 37.4 Å². The summed E-state index contributed by atoms with van der Waals surface area (Å²) in [6, 6.07) is 18.6. The van der Waals surface area contributed by atoms with Crippen molar-refractivity contribution in [2.45, 2.75) is 13.5 Å². The zero-order valence-electron chi connectivity index (χ0n) is 16.2. The second-order valence-electron chi connectivity index (χ2n) is 6.12. The Balaban J connectivity index is 1.74. The Morgan fingerprint density at radius 1 is 0.897 bits per heavy atom. The topological polar surface area (TPSA) is 40.0 Å². The van der Waals surface area contributed by atoms with Gasteiger partial charge in [0.2, 0.25) is 0 Å². The number of halogens is 2. The molecule has 0 aliphatic heterocycles. The summed E-state index contributed by atoms with van der Waals surface area (Å²) in [7, 11) is 1.64. The Labute approximate surface area is 180 Å². The summed E-state index contributed by atoms with van der Waals surface area (Å²) in [4.78, 5) is 4.49. The molecule has 3 rings (SSSR count). The first-order valence-electron chi connectivity index (χ1n) is 9.10. The van der Waals surface area contributed by atoms with Gasteiger partial charge in [0.1, 0.15) is 12.4 Å². The molecule has 0 bridgehead atoms. The third-order valence-corrected chi connectivity index (χ3v) is 4.69. The second kappa shape index (κ2) is 10.2. The van der Waals surface area contributed by atoms with E-state index in [1.807, 2.05) is 55.5 Å². The highest BCUT2D eigenvalue weighted by molar-refractivity contribution is 6.35. The van der Waals surface area contributed by atoms with Crippen LogP contribution in [0.1, 0.15) is 18.1 Å². The first-order chi connectivity index (χ1) is 14.1. The van der Waals surface area contributed by atoms with Gasteiger partial charge in [-0.05, 0) is 67.1 Å².